The topological polar surface area (TPSA) is 84.0 Å². The van der Waals surface area contributed by atoms with Crippen LogP contribution in [0.5, 0.6) is 0 Å². The maximum Gasteiger partial charge on any atom is 0.313 e. The highest BCUT2D eigenvalue weighted by atomic mass is 16.5. The molecular formula is C13H18N2O5. The Balaban J connectivity index is 1.92. The van der Waals surface area contributed by atoms with E-state index in [2.05, 4.69) is 4.74 Å². The lowest BCUT2D eigenvalue weighted by Crippen LogP contribution is -2.58. The number of fused-ring (bicyclic) bond motifs is 1. The van der Waals surface area contributed by atoms with Crippen LogP contribution in [0.4, 0.5) is 0 Å². The average Bonchev–Trinajstić information content (AvgIpc) is 2.85. The largest absolute Gasteiger partial charge is 0.466 e. The van der Waals surface area contributed by atoms with E-state index >= 15 is 0 Å². The zero-order valence-corrected chi connectivity index (χ0v) is 11.5. The van der Waals surface area contributed by atoms with Gasteiger partial charge in [0.05, 0.1) is 13.2 Å². The van der Waals surface area contributed by atoms with Crippen molar-refractivity contribution in [1.29, 1.82) is 0 Å². The van der Waals surface area contributed by atoms with Gasteiger partial charge in [0.15, 0.2) is 5.78 Å². The molecule has 0 N–H and O–H groups in total. The Morgan fingerprint density at radius 2 is 2.10 bits per heavy atom. The lowest BCUT2D eigenvalue weighted by Gasteiger charge is -2.35. The number of carbonyl (C=O) groups is 4. The van der Waals surface area contributed by atoms with Gasteiger partial charge in [-0.2, -0.15) is 0 Å². The molecule has 2 rings (SSSR count). The highest BCUT2D eigenvalue weighted by Crippen LogP contribution is 2.23. The van der Waals surface area contributed by atoms with Crippen LogP contribution in [0.2, 0.25) is 0 Å². The molecule has 2 saturated heterocycles. The Kier molecular flexibility index (Phi) is 4.36. The van der Waals surface area contributed by atoms with Gasteiger partial charge < -0.3 is 14.5 Å². The summed E-state index contributed by atoms with van der Waals surface area (Å²) >= 11 is 0. The Hall–Kier alpha value is -1.92. The molecule has 20 heavy (non-hydrogen) atoms. The molecule has 0 aliphatic carbocycles. The van der Waals surface area contributed by atoms with E-state index in [9.17, 15) is 19.2 Å². The van der Waals surface area contributed by atoms with Gasteiger partial charge >= 0.3 is 5.97 Å². The van der Waals surface area contributed by atoms with Gasteiger partial charge in [-0.05, 0) is 19.8 Å². The van der Waals surface area contributed by atoms with Crippen molar-refractivity contribution in [2.45, 2.75) is 32.2 Å². The molecule has 0 aromatic heterocycles. The fourth-order valence-electron chi connectivity index (χ4n) is 2.64. The van der Waals surface area contributed by atoms with E-state index in [0.29, 0.717) is 13.0 Å². The summed E-state index contributed by atoms with van der Waals surface area (Å²) < 4.78 is 4.68. The summed E-state index contributed by atoms with van der Waals surface area (Å²) in [5.41, 5.74) is 0. The summed E-state index contributed by atoms with van der Waals surface area (Å²) in [6.07, 6.45) is 1.10. The highest BCUT2D eigenvalue weighted by molar-refractivity contribution is 6.01. The summed E-state index contributed by atoms with van der Waals surface area (Å²) in [7, 11) is 0. The fraction of sp³-hybridized carbons (Fsp3) is 0.692. The number of piperazine rings is 1. The zero-order chi connectivity index (χ0) is 14.7. The summed E-state index contributed by atoms with van der Waals surface area (Å²) in [6, 6.07) is -0.424. The molecule has 0 radical (unpaired) electrons. The van der Waals surface area contributed by atoms with E-state index in [1.165, 1.54) is 4.90 Å². The third-order valence-electron chi connectivity index (χ3n) is 3.51. The van der Waals surface area contributed by atoms with Gasteiger partial charge in [0.25, 0.3) is 0 Å². The van der Waals surface area contributed by atoms with Crippen LogP contribution in [0.15, 0.2) is 0 Å². The molecule has 2 fully saturated rings. The minimum Gasteiger partial charge on any atom is -0.466 e. The van der Waals surface area contributed by atoms with Crippen LogP contribution in [-0.2, 0) is 23.9 Å². The number of amides is 2. The monoisotopic (exact) mass is 282 g/mol. The molecule has 7 heteroatoms. The van der Waals surface area contributed by atoms with Gasteiger partial charge in [-0.25, -0.2) is 0 Å². The van der Waals surface area contributed by atoms with Crippen molar-refractivity contribution in [2.24, 2.45) is 0 Å². The first kappa shape index (κ1) is 14.5. The second-order valence-corrected chi connectivity index (χ2v) is 4.96. The van der Waals surface area contributed by atoms with Crippen LogP contribution in [0, 0.1) is 0 Å². The van der Waals surface area contributed by atoms with E-state index < -0.39 is 17.8 Å². The number of Topliss-reactive ketones (excluding diaryl/α,β-unsaturated/α-hetero) is 1. The lowest BCUT2D eigenvalue weighted by atomic mass is 10.1. The minimum atomic E-state index is -0.601. The molecule has 0 aromatic carbocycles. The first-order valence-corrected chi connectivity index (χ1v) is 6.78. The summed E-state index contributed by atoms with van der Waals surface area (Å²) in [6.45, 7) is 2.20. The number of nitrogens with zero attached hydrogens (tertiary/aromatic N) is 2. The molecule has 1 atom stereocenters. The highest BCUT2D eigenvalue weighted by Gasteiger charge is 2.42. The molecule has 110 valence electrons. The van der Waals surface area contributed by atoms with Crippen molar-refractivity contribution < 1.29 is 23.9 Å². The van der Waals surface area contributed by atoms with Crippen molar-refractivity contribution >= 4 is 23.6 Å². The molecular weight excluding hydrogens is 264 g/mol. The van der Waals surface area contributed by atoms with Crippen molar-refractivity contribution in [2.75, 3.05) is 26.2 Å². The quantitative estimate of drug-likeness (QED) is 0.494. The summed E-state index contributed by atoms with van der Waals surface area (Å²) in [4.78, 5) is 49.8. The third kappa shape index (κ3) is 2.97. The normalized spacial score (nSPS) is 21.9. The molecule has 2 amide bonds. The molecule has 2 heterocycles. The first-order chi connectivity index (χ1) is 9.52. The van der Waals surface area contributed by atoms with E-state index in [1.807, 2.05) is 0 Å². The van der Waals surface area contributed by atoms with Crippen molar-refractivity contribution in [3.05, 3.63) is 0 Å². The van der Waals surface area contributed by atoms with Crippen LogP contribution in [-0.4, -0.2) is 65.6 Å². The Bertz CT molecular complexity index is 448. The molecule has 0 bridgehead atoms. The second kappa shape index (κ2) is 6.02. The molecule has 7 nitrogen and oxygen atoms in total. The summed E-state index contributed by atoms with van der Waals surface area (Å²) in [5.74, 6) is -1.33. The number of hydrogen-bond donors (Lipinski definition) is 0. The maximum absolute atomic E-state index is 12.2. The molecule has 0 aromatic rings. The molecule has 2 aliphatic rings. The summed E-state index contributed by atoms with van der Waals surface area (Å²) in [5, 5.41) is 0. The maximum atomic E-state index is 12.2. The second-order valence-electron chi connectivity index (χ2n) is 4.96. The van der Waals surface area contributed by atoms with Gasteiger partial charge in [0.1, 0.15) is 19.0 Å². The van der Waals surface area contributed by atoms with Crippen molar-refractivity contribution in [3.63, 3.8) is 0 Å². The first-order valence-electron chi connectivity index (χ1n) is 6.78. The van der Waals surface area contributed by atoms with Gasteiger partial charge in [-0.3, -0.25) is 19.2 Å². The number of esters is 1. The number of ketones is 1. The van der Waals surface area contributed by atoms with E-state index in [4.69, 9.17) is 0 Å². The van der Waals surface area contributed by atoms with E-state index in [0.717, 1.165) is 6.42 Å². The van der Waals surface area contributed by atoms with E-state index in [-0.39, 0.29) is 37.9 Å². The SMILES string of the molecule is CCOC(=O)CC(=O)CN1CC(=O)N2CCCC2C1=O. The fourth-order valence-corrected chi connectivity index (χ4v) is 2.64. The van der Waals surface area contributed by atoms with Gasteiger partial charge in [-0.1, -0.05) is 0 Å². The van der Waals surface area contributed by atoms with Crippen LogP contribution in [0.1, 0.15) is 26.2 Å². The lowest BCUT2D eigenvalue weighted by molar-refractivity contribution is -0.155. The van der Waals surface area contributed by atoms with Crippen LogP contribution < -0.4 is 0 Å². The van der Waals surface area contributed by atoms with Crippen molar-refractivity contribution in [1.82, 2.24) is 9.80 Å². The van der Waals surface area contributed by atoms with Crippen LogP contribution in [0.3, 0.4) is 0 Å². The van der Waals surface area contributed by atoms with E-state index in [1.54, 1.807) is 11.8 Å². The number of carbonyl (C=O) groups excluding carboxylic acids is 4. The standard InChI is InChI=1S/C13H18N2O5/c1-2-20-12(18)6-9(16)7-14-8-11(17)15-5-3-4-10(15)13(14)19/h10H,2-8H2,1H3. The van der Waals surface area contributed by atoms with Gasteiger partial charge in [0, 0.05) is 6.54 Å². The third-order valence-corrected chi connectivity index (χ3v) is 3.51. The molecule has 0 spiro atoms. The van der Waals surface area contributed by atoms with Crippen molar-refractivity contribution in [3.8, 4) is 0 Å². The molecule has 0 saturated carbocycles. The predicted octanol–water partition coefficient (Wildman–Crippen LogP) is -0.658. The van der Waals surface area contributed by atoms with Crippen LogP contribution in [0.25, 0.3) is 0 Å². The smallest absolute Gasteiger partial charge is 0.313 e. The Labute approximate surface area is 116 Å². The Morgan fingerprint density at radius 1 is 1.35 bits per heavy atom. The van der Waals surface area contributed by atoms with Crippen LogP contribution >= 0.6 is 0 Å². The molecule has 2 aliphatic heterocycles. The number of hydrogen-bond acceptors (Lipinski definition) is 5. The molecule has 1 unspecified atom stereocenters. The number of ether oxygens (including phenoxy) is 1. The van der Waals surface area contributed by atoms with Gasteiger partial charge in [0.2, 0.25) is 11.8 Å². The Morgan fingerprint density at radius 3 is 2.80 bits per heavy atom. The zero-order valence-electron chi connectivity index (χ0n) is 11.5. The number of rotatable bonds is 5. The predicted molar refractivity (Wildman–Crippen MR) is 67.6 cm³/mol. The average molecular weight is 282 g/mol. The minimum absolute atomic E-state index is 0.0795. The van der Waals surface area contributed by atoms with Gasteiger partial charge in [-0.15, -0.1) is 0 Å².